The fourth-order valence-corrected chi connectivity index (χ4v) is 5.87. The maximum Gasteiger partial charge on any atom is 0.253 e. The minimum absolute atomic E-state index is 0.0287. The number of piperidine rings is 1. The van der Waals surface area contributed by atoms with E-state index in [0.717, 1.165) is 19.3 Å². The van der Waals surface area contributed by atoms with Crippen LogP contribution in [0.1, 0.15) is 42.5 Å². The van der Waals surface area contributed by atoms with Crippen LogP contribution >= 0.6 is 0 Å². The third kappa shape index (κ3) is 5.54. The molecule has 0 spiro atoms. The molecule has 2 aliphatic heterocycles. The number of carbonyl (C=O) groups is 2. The molecule has 2 amide bonds. The molecule has 148 valence electrons. The minimum Gasteiger partial charge on any atom is -0.356 e. The highest BCUT2D eigenvalue weighted by Crippen LogP contribution is 2.23. The van der Waals surface area contributed by atoms with Crippen LogP contribution in [0.2, 0.25) is 0 Å². The molecule has 0 aliphatic carbocycles. The van der Waals surface area contributed by atoms with Crippen LogP contribution in [0.3, 0.4) is 0 Å². The van der Waals surface area contributed by atoms with Gasteiger partial charge < -0.3 is 10.2 Å². The van der Waals surface area contributed by atoms with Crippen molar-refractivity contribution >= 4 is 21.7 Å². The first kappa shape index (κ1) is 19.9. The fourth-order valence-electron chi connectivity index (χ4n) is 3.95. The fraction of sp³-hybridized carbons (Fsp3) is 0.600. The Morgan fingerprint density at radius 3 is 2.41 bits per heavy atom. The third-order valence-electron chi connectivity index (χ3n) is 5.59. The lowest BCUT2D eigenvalue weighted by Crippen LogP contribution is -2.43. The number of benzene rings is 1. The van der Waals surface area contributed by atoms with E-state index in [1.807, 2.05) is 35.2 Å². The van der Waals surface area contributed by atoms with Crippen molar-refractivity contribution in [2.24, 2.45) is 11.8 Å². The summed E-state index contributed by atoms with van der Waals surface area (Å²) in [6.45, 7) is 1.80. The minimum atomic E-state index is -2.82. The van der Waals surface area contributed by atoms with Gasteiger partial charge in [0.2, 0.25) is 5.91 Å². The molecule has 1 atom stereocenters. The van der Waals surface area contributed by atoms with Crippen molar-refractivity contribution < 1.29 is 18.0 Å². The predicted molar refractivity (Wildman–Crippen MR) is 104 cm³/mol. The summed E-state index contributed by atoms with van der Waals surface area (Å²) in [5, 5.41) is 2.98. The molecule has 0 aromatic heterocycles. The first-order valence-electron chi connectivity index (χ1n) is 9.77. The Labute approximate surface area is 161 Å². The van der Waals surface area contributed by atoms with Crippen LogP contribution in [-0.4, -0.2) is 56.3 Å². The molecule has 1 aromatic carbocycles. The number of carbonyl (C=O) groups excluding carboxylic acids is 2. The zero-order valence-corrected chi connectivity index (χ0v) is 16.4. The summed E-state index contributed by atoms with van der Waals surface area (Å²) in [7, 11) is -2.82. The second-order valence-electron chi connectivity index (χ2n) is 7.63. The Hall–Kier alpha value is -1.89. The number of sulfone groups is 1. The van der Waals surface area contributed by atoms with E-state index in [1.165, 1.54) is 0 Å². The van der Waals surface area contributed by atoms with Crippen LogP contribution in [0, 0.1) is 11.8 Å². The quantitative estimate of drug-likeness (QED) is 0.749. The van der Waals surface area contributed by atoms with Crippen molar-refractivity contribution in [3.8, 4) is 0 Å². The molecule has 2 fully saturated rings. The molecule has 1 unspecified atom stereocenters. The summed E-state index contributed by atoms with van der Waals surface area (Å²) in [4.78, 5) is 26.6. The smallest absolute Gasteiger partial charge is 0.253 e. The van der Waals surface area contributed by atoms with Crippen molar-refractivity contribution in [3.63, 3.8) is 0 Å². The van der Waals surface area contributed by atoms with Gasteiger partial charge in [0.05, 0.1) is 11.5 Å². The number of hydrogen-bond donors (Lipinski definition) is 1. The van der Waals surface area contributed by atoms with Gasteiger partial charge in [0.1, 0.15) is 0 Å². The molecule has 0 bridgehead atoms. The summed E-state index contributed by atoms with van der Waals surface area (Å²) in [6.07, 6.45) is 3.79. The molecule has 2 heterocycles. The van der Waals surface area contributed by atoms with Crippen molar-refractivity contribution in [3.05, 3.63) is 35.9 Å². The number of nitrogens with one attached hydrogen (secondary N) is 1. The number of hydrogen-bond acceptors (Lipinski definition) is 4. The van der Waals surface area contributed by atoms with Gasteiger partial charge in [0.25, 0.3) is 5.91 Å². The summed E-state index contributed by atoms with van der Waals surface area (Å²) in [5.41, 5.74) is 0.689. The second kappa shape index (κ2) is 8.87. The van der Waals surface area contributed by atoms with Crippen LogP contribution in [0.4, 0.5) is 0 Å². The largest absolute Gasteiger partial charge is 0.356 e. The Kier molecular flexibility index (Phi) is 6.52. The Morgan fingerprint density at radius 1 is 1.07 bits per heavy atom. The molecule has 1 N–H and O–H groups in total. The number of likely N-dealkylation sites (tertiary alicyclic amines) is 1. The maximum absolute atomic E-state index is 12.4. The second-order valence-corrected chi connectivity index (χ2v) is 9.86. The van der Waals surface area contributed by atoms with Crippen LogP contribution in [0.15, 0.2) is 30.3 Å². The van der Waals surface area contributed by atoms with Gasteiger partial charge >= 0.3 is 0 Å². The van der Waals surface area contributed by atoms with Crippen LogP contribution in [-0.2, 0) is 14.6 Å². The lowest BCUT2D eigenvalue weighted by atomic mass is 9.95. The highest BCUT2D eigenvalue weighted by molar-refractivity contribution is 7.91. The predicted octanol–water partition coefficient (Wildman–Crippen LogP) is 1.87. The van der Waals surface area contributed by atoms with Gasteiger partial charge in [0, 0.05) is 31.1 Å². The Balaban J connectivity index is 1.34. The van der Waals surface area contributed by atoms with E-state index in [9.17, 15) is 18.0 Å². The van der Waals surface area contributed by atoms with E-state index in [1.54, 1.807) is 0 Å². The lowest BCUT2D eigenvalue weighted by Gasteiger charge is -2.31. The van der Waals surface area contributed by atoms with Gasteiger partial charge in [-0.2, -0.15) is 0 Å². The Morgan fingerprint density at radius 2 is 1.78 bits per heavy atom. The summed E-state index contributed by atoms with van der Waals surface area (Å²) >= 11 is 0. The molecule has 27 heavy (non-hydrogen) atoms. The van der Waals surface area contributed by atoms with Gasteiger partial charge in [-0.05, 0) is 50.2 Å². The van der Waals surface area contributed by atoms with E-state index < -0.39 is 9.84 Å². The third-order valence-corrected chi connectivity index (χ3v) is 7.43. The van der Waals surface area contributed by atoms with Crippen molar-refractivity contribution in [1.29, 1.82) is 0 Å². The molecule has 7 heteroatoms. The molecular weight excluding hydrogens is 364 g/mol. The number of rotatable bonds is 6. The average Bonchev–Trinajstić information content (AvgIpc) is 3.04. The van der Waals surface area contributed by atoms with Crippen molar-refractivity contribution in [2.45, 2.75) is 32.1 Å². The summed E-state index contributed by atoms with van der Waals surface area (Å²) in [6, 6.07) is 9.23. The standard InChI is InChI=1S/C20H28N2O4S/c23-19(21-11-4-5-16-10-14-27(25,26)15-16)17-8-12-22(13-9-17)20(24)18-6-2-1-3-7-18/h1-3,6-7,16-17H,4-5,8-15H2,(H,21,23). The highest BCUT2D eigenvalue weighted by Gasteiger charge is 2.29. The molecule has 6 nitrogen and oxygen atoms in total. The monoisotopic (exact) mass is 392 g/mol. The summed E-state index contributed by atoms with van der Waals surface area (Å²) < 4.78 is 22.9. The van der Waals surface area contributed by atoms with E-state index in [-0.39, 0.29) is 23.7 Å². The topological polar surface area (TPSA) is 83.6 Å². The molecular formula is C20H28N2O4S. The van der Waals surface area contributed by atoms with E-state index in [0.29, 0.717) is 49.5 Å². The van der Waals surface area contributed by atoms with Gasteiger partial charge in [0.15, 0.2) is 9.84 Å². The zero-order valence-electron chi connectivity index (χ0n) is 15.6. The lowest BCUT2D eigenvalue weighted by molar-refractivity contribution is -0.126. The van der Waals surface area contributed by atoms with Crippen molar-refractivity contribution in [2.75, 3.05) is 31.1 Å². The van der Waals surface area contributed by atoms with Gasteiger partial charge in [-0.15, -0.1) is 0 Å². The molecule has 3 rings (SSSR count). The van der Waals surface area contributed by atoms with Crippen molar-refractivity contribution in [1.82, 2.24) is 10.2 Å². The molecule has 0 saturated carbocycles. The maximum atomic E-state index is 12.4. The average molecular weight is 393 g/mol. The van der Waals surface area contributed by atoms with Gasteiger partial charge in [-0.3, -0.25) is 9.59 Å². The van der Waals surface area contributed by atoms with Crippen LogP contribution < -0.4 is 5.32 Å². The van der Waals surface area contributed by atoms with Crippen LogP contribution in [0.25, 0.3) is 0 Å². The van der Waals surface area contributed by atoms with Crippen LogP contribution in [0.5, 0.6) is 0 Å². The normalized spacial score (nSPS) is 22.5. The van der Waals surface area contributed by atoms with E-state index >= 15 is 0 Å². The SMILES string of the molecule is O=C(NCCCC1CCS(=O)(=O)C1)C1CCN(C(=O)c2ccccc2)CC1. The molecule has 2 saturated heterocycles. The molecule has 0 radical (unpaired) electrons. The first-order chi connectivity index (χ1) is 12.9. The molecule has 2 aliphatic rings. The highest BCUT2D eigenvalue weighted by atomic mass is 32.2. The van der Waals surface area contributed by atoms with E-state index in [4.69, 9.17) is 0 Å². The number of nitrogens with zero attached hydrogens (tertiary/aromatic N) is 1. The first-order valence-corrected chi connectivity index (χ1v) is 11.6. The zero-order chi connectivity index (χ0) is 19.3. The summed E-state index contributed by atoms with van der Waals surface area (Å²) in [5.74, 6) is 0.900. The van der Waals surface area contributed by atoms with E-state index in [2.05, 4.69) is 5.32 Å². The number of amides is 2. The van der Waals surface area contributed by atoms with Gasteiger partial charge in [-0.25, -0.2) is 8.42 Å². The Bertz CT molecular complexity index is 755. The molecule has 1 aromatic rings. The van der Waals surface area contributed by atoms with Gasteiger partial charge in [-0.1, -0.05) is 18.2 Å².